The van der Waals surface area contributed by atoms with Gasteiger partial charge in [0, 0.05) is 12.7 Å². The highest BCUT2D eigenvalue weighted by atomic mass is 35.5. The van der Waals surface area contributed by atoms with Crippen molar-refractivity contribution < 1.29 is 5.11 Å². The summed E-state index contributed by atoms with van der Waals surface area (Å²) >= 11 is 11.7. The number of nitrogens with zero attached hydrogens (tertiary/aromatic N) is 1. The Labute approximate surface area is 105 Å². The highest BCUT2D eigenvalue weighted by molar-refractivity contribution is 6.35. The molecule has 1 aromatic rings. The van der Waals surface area contributed by atoms with E-state index in [9.17, 15) is 5.11 Å². The van der Waals surface area contributed by atoms with Crippen LogP contribution >= 0.6 is 23.2 Å². The molecule has 1 fully saturated rings. The molecule has 0 atom stereocenters. The minimum atomic E-state index is -0.607. The van der Waals surface area contributed by atoms with Crippen LogP contribution in [-0.2, 0) is 0 Å². The summed E-state index contributed by atoms with van der Waals surface area (Å²) in [5, 5.41) is 14.2. The van der Waals surface area contributed by atoms with Crippen LogP contribution in [0.4, 0.5) is 5.82 Å². The Morgan fingerprint density at radius 1 is 1.38 bits per heavy atom. The van der Waals surface area contributed by atoms with Gasteiger partial charge in [0.05, 0.1) is 15.6 Å². The fraction of sp³-hybridized carbons (Fsp3) is 0.545. The lowest BCUT2D eigenvalue weighted by molar-refractivity contribution is 0.0614. The van der Waals surface area contributed by atoms with E-state index < -0.39 is 5.60 Å². The van der Waals surface area contributed by atoms with Gasteiger partial charge in [-0.25, -0.2) is 4.98 Å². The zero-order valence-electron chi connectivity index (χ0n) is 8.84. The molecule has 0 bridgehead atoms. The molecular formula is C11H14Cl2N2O. The molecule has 0 unspecified atom stereocenters. The van der Waals surface area contributed by atoms with Gasteiger partial charge in [0.2, 0.25) is 0 Å². The molecule has 1 aliphatic rings. The summed E-state index contributed by atoms with van der Waals surface area (Å²) in [7, 11) is 0. The lowest BCUT2D eigenvalue weighted by atomic mass is 10.0. The second-order valence-electron chi connectivity index (χ2n) is 4.27. The van der Waals surface area contributed by atoms with Gasteiger partial charge in [0.1, 0.15) is 5.82 Å². The number of pyridine rings is 1. The quantitative estimate of drug-likeness (QED) is 0.878. The fourth-order valence-electron chi connectivity index (χ4n) is 2.00. The van der Waals surface area contributed by atoms with Gasteiger partial charge < -0.3 is 10.4 Å². The van der Waals surface area contributed by atoms with Crippen LogP contribution in [0, 0.1) is 0 Å². The van der Waals surface area contributed by atoms with Crippen LogP contribution in [0.3, 0.4) is 0 Å². The van der Waals surface area contributed by atoms with Crippen LogP contribution in [0.15, 0.2) is 12.3 Å². The first-order valence-corrected chi connectivity index (χ1v) is 6.12. The number of anilines is 1. The van der Waals surface area contributed by atoms with Crippen LogP contribution in [0.1, 0.15) is 25.7 Å². The van der Waals surface area contributed by atoms with E-state index in [-0.39, 0.29) is 0 Å². The first-order chi connectivity index (χ1) is 7.59. The van der Waals surface area contributed by atoms with Gasteiger partial charge in [0.25, 0.3) is 0 Å². The second-order valence-corrected chi connectivity index (χ2v) is 5.11. The number of halogens is 2. The van der Waals surface area contributed by atoms with Crippen molar-refractivity contribution in [3.05, 3.63) is 22.3 Å². The number of hydrogen-bond acceptors (Lipinski definition) is 3. The number of aromatic nitrogens is 1. The number of aliphatic hydroxyl groups is 1. The Kier molecular flexibility index (Phi) is 3.57. The van der Waals surface area contributed by atoms with Gasteiger partial charge in [-0.2, -0.15) is 0 Å². The summed E-state index contributed by atoms with van der Waals surface area (Å²) in [6, 6.07) is 1.64. The van der Waals surface area contributed by atoms with Crippen LogP contribution in [0.25, 0.3) is 0 Å². The largest absolute Gasteiger partial charge is 0.388 e. The maximum atomic E-state index is 10.1. The Bertz CT molecular complexity index is 378. The van der Waals surface area contributed by atoms with Gasteiger partial charge in [-0.15, -0.1) is 0 Å². The van der Waals surface area contributed by atoms with Crippen molar-refractivity contribution in [3.8, 4) is 0 Å². The Morgan fingerprint density at radius 2 is 2.06 bits per heavy atom. The second kappa shape index (κ2) is 4.78. The van der Waals surface area contributed by atoms with Crippen molar-refractivity contribution in [2.45, 2.75) is 31.3 Å². The van der Waals surface area contributed by atoms with Gasteiger partial charge in [-0.1, -0.05) is 36.0 Å². The average molecular weight is 261 g/mol. The topological polar surface area (TPSA) is 45.1 Å². The number of rotatable bonds is 3. The maximum Gasteiger partial charge on any atom is 0.144 e. The molecule has 2 N–H and O–H groups in total. The fourth-order valence-corrected chi connectivity index (χ4v) is 2.45. The average Bonchev–Trinajstić information content (AvgIpc) is 2.64. The van der Waals surface area contributed by atoms with Crippen LogP contribution in [0.5, 0.6) is 0 Å². The minimum absolute atomic E-state index is 0.481. The molecule has 0 saturated heterocycles. The standard InChI is InChI=1S/C11H14Cl2N2O/c12-8-5-9(13)10(14-6-8)15-7-11(16)3-1-2-4-11/h5-6,16H,1-4,7H2,(H,14,15). The van der Waals surface area contributed by atoms with Crippen LogP contribution < -0.4 is 5.32 Å². The molecule has 1 aliphatic carbocycles. The van der Waals surface area contributed by atoms with Crippen molar-refractivity contribution in [3.63, 3.8) is 0 Å². The number of hydrogen-bond donors (Lipinski definition) is 2. The van der Waals surface area contributed by atoms with Crippen molar-refractivity contribution in [2.75, 3.05) is 11.9 Å². The molecule has 0 amide bonds. The van der Waals surface area contributed by atoms with Gasteiger partial charge >= 0.3 is 0 Å². The Morgan fingerprint density at radius 3 is 2.69 bits per heavy atom. The molecule has 0 aliphatic heterocycles. The first kappa shape index (κ1) is 12.0. The van der Waals surface area contributed by atoms with Crippen LogP contribution in [0.2, 0.25) is 10.0 Å². The lowest BCUT2D eigenvalue weighted by Crippen LogP contribution is -2.33. The molecule has 0 spiro atoms. The molecule has 88 valence electrons. The molecule has 0 aromatic carbocycles. The molecule has 2 rings (SSSR count). The van der Waals surface area contributed by atoms with E-state index in [1.807, 2.05) is 0 Å². The summed E-state index contributed by atoms with van der Waals surface area (Å²) in [4.78, 5) is 4.08. The van der Waals surface area contributed by atoms with Gasteiger partial charge in [0.15, 0.2) is 0 Å². The molecular weight excluding hydrogens is 247 g/mol. The third-order valence-corrected chi connectivity index (χ3v) is 3.42. The predicted octanol–water partition coefficient (Wildman–Crippen LogP) is 3.11. The summed E-state index contributed by atoms with van der Waals surface area (Å²) in [6.45, 7) is 0.487. The van der Waals surface area contributed by atoms with E-state index in [1.54, 1.807) is 6.07 Å². The predicted molar refractivity (Wildman–Crippen MR) is 66.2 cm³/mol. The molecule has 3 nitrogen and oxygen atoms in total. The molecule has 1 heterocycles. The lowest BCUT2D eigenvalue weighted by Gasteiger charge is -2.22. The molecule has 5 heteroatoms. The first-order valence-electron chi connectivity index (χ1n) is 5.36. The van der Waals surface area contributed by atoms with Crippen molar-refractivity contribution in [1.82, 2.24) is 4.98 Å². The minimum Gasteiger partial charge on any atom is -0.388 e. The highest BCUT2D eigenvalue weighted by Gasteiger charge is 2.30. The molecule has 1 saturated carbocycles. The highest BCUT2D eigenvalue weighted by Crippen LogP contribution is 2.30. The summed E-state index contributed by atoms with van der Waals surface area (Å²) in [5.74, 6) is 0.575. The molecule has 1 aromatic heterocycles. The summed E-state index contributed by atoms with van der Waals surface area (Å²) in [6.07, 6.45) is 5.38. The SMILES string of the molecule is OC1(CNc2ncc(Cl)cc2Cl)CCCC1. The van der Waals surface area contributed by atoms with E-state index in [2.05, 4.69) is 10.3 Å². The van der Waals surface area contributed by atoms with Crippen molar-refractivity contribution in [2.24, 2.45) is 0 Å². The van der Waals surface area contributed by atoms with Gasteiger partial charge in [-0.3, -0.25) is 0 Å². The van der Waals surface area contributed by atoms with E-state index in [4.69, 9.17) is 23.2 Å². The Balaban J connectivity index is 1.99. The number of nitrogens with one attached hydrogen (secondary N) is 1. The summed E-state index contributed by atoms with van der Waals surface area (Å²) < 4.78 is 0. The third kappa shape index (κ3) is 2.78. The molecule has 16 heavy (non-hydrogen) atoms. The van der Waals surface area contributed by atoms with E-state index in [0.717, 1.165) is 25.7 Å². The van der Waals surface area contributed by atoms with Crippen molar-refractivity contribution >= 4 is 29.0 Å². The van der Waals surface area contributed by atoms with E-state index >= 15 is 0 Å². The van der Waals surface area contributed by atoms with Crippen LogP contribution in [-0.4, -0.2) is 22.2 Å². The third-order valence-electron chi connectivity index (χ3n) is 2.93. The Hall–Kier alpha value is -0.510. The summed E-state index contributed by atoms with van der Waals surface area (Å²) in [5.41, 5.74) is -0.607. The van der Waals surface area contributed by atoms with E-state index in [1.165, 1.54) is 6.20 Å². The van der Waals surface area contributed by atoms with Gasteiger partial charge in [-0.05, 0) is 18.9 Å². The van der Waals surface area contributed by atoms with E-state index in [0.29, 0.717) is 22.4 Å². The zero-order chi connectivity index (χ0) is 11.6. The zero-order valence-corrected chi connectivity index (χ0v) is 10.4. The normalized spacial score (nSPS) is 18.7. The smallest absolute Gasteiger partial charge is 0.144 e. The monoisotopic (exact) mass is 260 g/mol. The maximum absolute atomic E-state index is 10.1. The van der Waals surface area contributed by atoms with Crippen molar-refractivity contribution in [1.29, 1.82) is 0 Å². The molecule has 0 radical (unpaired) electrons.